The van der Waals surface area contributed by atoms with Crippen LogP contribution < -0.4 is 5.32 Å². The number of nitrogens with one attached hydrogen (secondary N) is 1. The molecule has 204 valence electrons. The summed E-state index contributed by atoms with van der Waals surface area (Å²) in [5.74, 6) is 1.66. The highest BCUT2D eigenvalue weighted by Crippen LogP contribution is 2.57. The van der Waals surface area contributed by atoms with Crippen molar-refractivity contribution in [2.45, 2.75) is 46.7 Å². The number of benzene rings is 3. The molecule has 0 radical (unpaired) electrons. The van der Waals surface area contributed by atoms with Gasteiger partial charge in [0.25, 0.3) is 0 Å². The zero-order chi connectivity index (χ0) is 27.6. The third-order valence-corrected chi connectivity index (χ3v) is 10.6. The molecule has 5 unspecified atom stereocenters. The molecular weight excluding hydrogens is 532 g/mol. The van der Waals surface area contributed by atoms with E-state index in [1.807, 2.05) is 18.0 Å². The van der Waals surface area contributed by atoms with Gasteiger partial charge in [0.15, 0.2) is 0 Å². The molecular formula is C38H30N2OS. The van der Waals surface area contributed by atoms with Crippen LogP contribution in [0.2, 0.25) is 0 Å². The number of fused-ring (bicyclic) bond motifs is 9. The van der Waals surface area contributed by atoms with Crippen LogP contribution >= 0.6 is 11.8 Å². The molecule has 0 saturated heterocycles. The van der Waals surface area contributed by atoms with Crippen LogP contribution in [-0.4, -0.2) is 18.3 Å². The van der Waals surface area contributed by atoms with Gasteiger partial charge in [-0.2, -0.15) is 0 Å². The van der Waals surface area contributed by atoms with E-state index in [1.165, 1.54) is 48.8 Å². The van der Waals surface area contributed by atoms with Crippen molar-refractivity contribution in [3.8, 4) is 11.1 Å². The second-order valence-electron chi connectivity index (χ2n) is 11.8. The highest BCUT2D eigenvalue weighted by atomic mass is 32.2. The maximum Gasteiger partial charge on any atom is 0.136 e. The Balaban J connectivity index is 1.09. The van der Waals surface area contributed by atoms with Crippen molar-refractivity contribution in [2.24, 2.45) is 10.9 Å². The van der Waals surface area contributed by atoms with Crippen LogP contribution in [0.25, 0.3) is 16.8 Å². The molecule has 0 amide bonds. The van der Waals surface area contributed by atoms with Crippen molar-refractivity contribution in [1.82, 2.24) is 5.32 Å². The number of dihydropyridines is 2. The summed E-state index contributed by atoms with van der Waals surface area (Å²) in [4.78, 5) is 7.46. The van der Waals surface area contributed by atoms with Gasteiger partial charge in [-0.3, -0.25) is 4.99 Å². The monoisotopic (exact) mass is 562 g/mol. The molecule has 3 aromatic rings. The van der Waals surface area contributed by atoms with E-state index >= 15 is 0 Å². The number of nitrogens with zero attached hydrogens (tertiary/aromatic N) is 1. The van der Waals surface area contributed by atoms with Gasteiger partial charge in [0.1, 0.15) is 11.9 Å². The third kappa shape index (κ3) is 3.85. The minimum absolute atomic E-state index is 0.0209. The fraction of sp³-hybridized carbons (Fsp3) is 0.184. The molecule has 6 aliphatic rings. The van der Waals surface area contributed by atoms with Crippen molar-refractivity contribution >= 4 is 23.7 Å². The Morgan fingerprint density at radius 3 is 2.74 bits per heavy atom. The van der Waals surface area contributed by atoms with Gasteiger partial charge in [0.2, 0.25) is 0 Å². The third-order valence-electron chi connectivity index (χ3n) is 9.43. The zero-order valence-electron chi connectivity index (χ0n) is 23.1. The number of hydrogen-bond donors (Lipinski definition) is 1. The first-order valence-electron chi connectivity index (χ1n) is 14.9. The second-order valence-corrected chi connectivity index (χ2v) is 12.9. The molecule has 4 heterocycles. The first-order chi connectivity index (χ1) is 20.8. The number of aliphatic imine (C=N–C) groups is 1. The van der Waals surface area contributed by atoms with E-state index in [9.17, 15) is 0 Å². The highest BCUT2D eigenvalue weighted by molar-refractivity contribution is 7.99. The van der Waals surface area contributed by atoms with Gasteiger partial charge in [-0.1, -0.05) is 84.6 Å². The second kappa shape index (κ2) is 9.64. The van der Waals surface area contributed by atoms with Gasteiger partial charge in [0, 0.05) is 33.2 Å². The Labute approximate surface area is 250 Å². The molecule has 0 spiro atoms. The first kappa shape index (κ1) is 24.3. The number of allylic oxidation sites excluding steroid dienone is 5. The summed E-state index contributed by atoms with van der Waals surface area (Å²) >= 11 is 1.88. The molecule has 5 atom stereocenters. The Bertz CT molecular complexity index is 1850. The molecule has 0 fully saturated rings. The fourth-order valence-electron chi connectivity index (χ4n) is 7.37. The van der Waals surface area contributed by atoms with Crippen molar-refractivity contribution in [1.29, 1.82) is 0 Å². The lowest BCUT2D eigenvalue weighted by atomic mass is 9.80. The van der Waals surface area contributed by atoms with E-state index in [4.69, 9.17) is 9.73 Å². The largest absolute Gasteiger partial charge is 0.485 e. The molecule has 0 saturated carbocycles. The van der Waals surface area contributed by atoms with Gasteiger partial charge in [0.05, 0.1) is 18.0 Å². The number of hydrogen-bond acceptors (Lipinski definition) is 4. The highest BCUT2D eigenvalue weighted by Gasteiger charge is 2.42. The lowest BCUT2D eigenvalue weighted by Gasteiger charge is -2.37. The molecule has 42 heavy (non-hydrogen) atoms. The van der Waals surface area contributed by atoms with Gasteiger partial charge in [-0.05, 0) is 88.7 Å². The zero-order valence-corrected chi connectivity index (χ0v) is 23.9. The minimum Gasteiger partial charge on any atom is -0.485 e. The predicted molar refractivity (Wildman–Crippen MR) is 171 cm³/mol. The van der Waals surface area contributed by atoms with E-state index in [1.54, 1.807) is 0 Å². The topological polar surface area (TPSA) is 33.6 Å². The summed E-state index contributed by atoms with van der Waals surface area (Å²) in [6.07, 6.45) is 21.9. The molecule has 3 nitrogen and oxygen atoms in total. The van der Waals surface area contributed by atoms with Crippen LogP contribution in [0.5, 0.6) is 0 Å². The Hall–Kier alpha value is -4.28. The van der Waals surface area contributed by atoms with E-state index in [-0.39, 0.29) is 24.1 Å². The number of rotatable bonds is 2. The van der Waals surface area contributed by atoms with Crippen LogP contribution in [0.15, 0.2) is 147 Å². The van der Waals surface area contributed by atoms with Crippen molar-refractivity contribution in [3.63, 3.8) is 0 Å². The average molecular weight is 563 g/mol. The number of ether oxygens (including phenoxy) is 1. The Morgan fingerprint density at radius 2 is 1.74 bits per heavy atom. The van der Waals surface area contributed by atoms with E-state index in [0.717, 1.165) is 24.3 Å². The fourth-order valence-corrected chi connectivity index (χ4v) is 8.50. The summed E-state index contributed by atoms with van der Waals surface area (Å²) in [5.41, 5.74) is 10.3. The Kier molecular flexibility index (Phi) is 5.58. The lowest BCUT2D eigenvalue weighted by molar-refractivity contribution is 0.139. The molecule has 4 heteroatoms. The van der Waals surface area contributed by atoms with Gasteiger partial charge in [-0.25, -0.2) is 0 Å². The first-order valence-corrected chi connectivity index (χ1v) is 15.8. The van der Waals surface area contributed by atoms with Crippen molar-refractivity contribution < 1.29 is 4.74 Å². The molecule has 2 aliphatic carbocycles. The standard InChI is InChI=1S/C38H30N2OS/c1-3-12-32-28(10-1)35-30-22-26(17-19-34(30)42-33-13-4-2-11-29(33)38(35)41-32)25-7-5-8-27(21-25)31-18-16-24-15-14-23-9-6-20-39-36(23)37(24)40-31/h2-9,11-23,35-38,40H,1,10H2. The summed E-state index contributed by atoms with van der Waals surface area (Å²) in [6, 6.07) is 25.2. The van der Waals surface area contributed by atoms with E-state index in [0.29, 0.717) is 5.92 Å². The van der Waals surface area contributed by atoms with Crippen molar-refractivity contribution in [3.05, 3.63) is 149 Å². The maximum absolute atomic E-state index is 6.70. The average Bonchev–Trinajstić information content (AvgIpc) is 3.38. The SMILES string of the molecule is C1=CC2C=CC3=CC=C(c4cccc(-c5ccc6c(c5)C5C7=C(C=CCC7)OC5c5ccccc5S6)c4)NC3C2N=C1. The molecule has 0 aromatic heterocycles. The van der Waals surface area contributed by atoms with E-state index < -0.39 is 0 Å². The summed E-state index contributed by atoms with van der Waals surface area (Å²) in [7, 11) is 0. The summed E-state index contributed by atoms with van der Waals surface area (Å²) in [5, 5.41) is 3.84. The lowest BCUT2D eigenvalue weighted by Crippen LogP contribution is -2.46. The van der Waals surface area contributed by atoms with Crippen LogP contribution in [-0.2, 0) is 4.74 Å². The van der Waals surface area contributed by atoms with Crippen LogP contribution in [0, 0.1) is 5.92 Å². The van der Waals surface area contributed by atoms with Gasteiger partial charge < -0.3 is 10.1 Å². The van der Waals surface area contributed by atoms with Crippen molar-refractivity contribution in [2.75, 3.05) is 0 Å². The summed E-state index contributed by atoms with van der Waals surface area (Å²) in [6.45, 7) is 0. The molecule has 4 aliphatic heterocycles. The van der Waals surface area contributed by atoms with Crippen LogP contribution in [0.3, 0.4) is 0 Å². The normalized spacial score (nSPS) is 27.7. The molecule has 3 aromatic carbocycles. The molecule has 1 N–H and O–H groups in total. The predicted octanol–water partition coefficient (Wildman–Crippen LogP) is 8.71. The maximum atomic E-state index is 6.70. The molecule has 0 bridgehead atoms. The minimum atomic E-state index is 0.0209. The smallest absolute Gasteiger partial charge is 0.136 e. The molecule has 9 rings (SSSR count). The van der Waals surface area contributed by atoms with Crippen LogP contribution in [0.4, 0.5) is 0 Å². The summed E-state index contributed by atoms with van der Waals surface area (Å²) < 4.78 is 6.70. The Morgan fingerprint density at radius 1 is 0.833 bits per heavy atom. The van der Waals surface area contributed by atoms with E-state index in [2.05, 4.69) is 121 Å². The van der Waals surface area contributed by atoms with Crippen LogP contribution in [0.1, 0.15) is 41.6 Å². The van der Waals surface area contributed by atoms with Gasteiger partial charge >= 0.3 is 0 Å². The van der Waals surface area contributed by atoms with Gasteiger partial charge in [-0.15, -0.1) is 0 Å². The quantitative estimate of drug-likeness (QED) is 0.339.